The molecule has 132 valence electrons. The van der Waals surface area contributed by atoms with E-state index in [0.717, 1.165) is 6.42 Å². The third-order valence-corrected chi connectivity index (χ3v) is 3.04. The van der Waals surface area contributed by atoms with Crippen molar-refractivity contribution in [3.05, 3.63) is 0 Å². The van der Waals surface area contributed by atoms with E-state index in [0.29, 0.717) is 6.54 Å². The topological polar surface area (TPSA) is 120 Å². The van der Waals surface area contributed by atoms with Crippen LogP contribution in [-0.2, 0) is 28.5 Å². The fraction of sp³-hybridized carbons (Fsp3) is 0.786. The molecule has 1 aliphatic rings. The van der Waals surface area contributed by atoms with Gasteiger partial charge in [-0.3, -0.25) is 9.59 Å². The number of carbonyl (C=O) groups is 3. The van der Waals surface area contributed by atoms with Gasteiger partial charge in [-0.25, -0.2) is 4.79 Å². The Morgan fingerprint density at radius 3 is 2.35 bits per heavy atom. The smallest absolute Gasteiger partial charge is 0.409 e. The van der Waals surface area contributed by atoms with E-state index in [1.54, 1.807) is 0 Å². The molecule has 1 heterocycles. The van der Waals surface area contributed by atoms with Crippen LogP contribution in [0.2, 0.25) is 0 Å². The summed E-state index contributed by atoms with van der Waals surface area (Å²) in [5.41, 5.74) is 0. The first-order valence-electron chi connectivity index (χ1n) is 7.42. The van der Waals surface area contributed by atoms with E-state index in [-0.39, 0.29) is 6.42 Å². The second-order valence-corrected chi connectivity index (χ2v) is 5.08. The third-order valence-electron chi connectivity index (χ3n) is 3.04. The van der Waals surface area contributed by atoms with Crippen LogP contribution in [0.1, 0.15) is 33.6 Å². The lowest BCUT2D eigenvalue weighted by Gasteiger charge is -2.39. The standard InChI is InChI=1S/C14H23NO8/c1-4-5-15-14(19)23-12-6-10(20-8(2)17)13(21-9(3)18)11(7-16)22-12/h10-13,16H,4-7H2,1-3H3,(H,15,19)/t10-,11-,12?,13-/m1/s1. The number of alkyl carbamates (subject to hydrolysis) is 1. The van der Waals surface area contributed by atoms with E-state index in [9.17, 15) is 19.5 Å². The predicted octanol–water partition coefficient (Wildman–Crippen LogP) is 0.0933. The Morgan fingerprint density at radius 1 is 1.17 bits per heavy atom. The number of ether oxygens (including phenoxy) is 4. The first-order chi connectivity index (χ1) is 10.9. The van der Waals surface area contributed by atoms with Crippen LogP contribution < -0.4 is 5.32 Å². The second kappa shape index (κ2) is 9.31. The molecule has 9 heteroatoms. The highest BCUT2D eigenvalue weighted by Crippen LogP contribution is 2.26. The van der Waals surface area contributed by atoms with Crippen LogP contribution in [0, 0.1) is 0 Å². The molecular formula is C14H23NO8. The first-order valence-corrected chi connectivity index (χ1v) is 7.42. The fourth-order valence-electron chi connectivity index (χ4n) is 2.17. The van der Waals surface area contributed by atoms with E-state index in [1.165, 1.54) is 13.8 Å². The van der Waals surface area contributed by atoms with Crippen LogP contribution in [0.3, 0.4) is 0 Å². The van der Waals surface area contributed by atoms with Gasteiger partial charge in [0, 0.05) is 20.4 Å². The number of rotatable bonds is 6. The van der Waals surface area contributed by atoms with Crippen molar-refractivity contribution in [1.82, 2.24) is 5.32 Å². The second-order valence-electron chi connectivity index (χ2n) is 5.08. The largest absolute Gasteiger partial charge is 0.458 e. The molecule has 0 aromatic heterocycles. The number of hydrogen-bond donors (Lipinski definition) is 2. The van der Waals surface area contributed by atoms with E-state index in [1.807, 2.05) is 6.92 Å². The summed E-state index contributed by atoms with van der Waals surface area (Å²) in [6, 6.07) is 0. The van der Waals surface area contributed by atoms with Crippen molar-refractivity contribution in [2.24, 2.45) is 0 Å². The van der Waals surface area contributed by atoms with Gasteiger partial charge in [0.05, 0.1) is 13.0 Å². The molecule has 0 saturated carbocycles. The van der Waals surface area contributed by atoms with Gasteiger partial charge in [-0.1, -0.05) is 6.92 Å². The van der Waals surface area contributed by atoms with Crippen LogP contribution in [0.5, 0.6) is 0 Å². The Bertz CT molecular complexity index is 427. The molecule has 0 bridgehead atoms. The van der Waals surface area contributed by atoms with Crippen molar-refractivity contribution < 1.29 is 38.4 Å². The van der Waals surface area contributed by atoms with Crippen molar-refractivity contribution in [1.29, 1.82) is 0 Å². The highest BCUT2D eigenvalue weighted by Gasteiger charge is 2.44. The average molecular weight is 333 g/mol. The van der Waals surface area contributed by atoms with Crippen molar-refractivity contribution in [2.45, 2.75) is 58.2 Å². The minimum absolute atomic E-state index is 0.00638. The molecule has 0 aliphatic carbocycles. The van der Waals surface area contributed by atoms with Gasteiger partial charge < -0.3 is 29.4 Å². The summed E-state index contributed by atoms with van der Waals surface area (Å²) >= 11 is 0. The lowest BCUT2D eigenvalue weighted by atomic mass is 10.0. The SMILES string of the molecule is CCCNC(=O)OC1C[C@@H](OC(C)=O)[C@@H](OC(C)=O)[C@@H](CO)O1. The van der Waals surface area contributed by atoms with Crippen molar-refractivity contribution in [3.63, 3.8) is 0 Å². The number of hydrogen-bond acceptors (Lipinski definition) is 8. The first kappa shape index (κ1) is 19.2. The lowest BCUT2D eigenvalue weighted by molar-refractivity contribution is -0.250. The maximum absolute atomic E-state index is 11.6. The molecule has 0 radical (unpaired) electrons. The Hall–Kier alpha value is -1.87. The molecule has 9 nitrogen and oxygen atoms in total. The monoisotopic (exact) mass is 333 g/mol. The molecule has 1 amide bonds. The highest BCUT2D eigenvalue weighted by molar-refractivity contribution is 5.68. The summed E-state index contributed by atoms with van der Waals surface area (Å²) in [6.45, 7) is 4.24. The van der Waals surface area contributed by atoms with E-state index < -0.39 is 49.2 Å². The molecule has 0 spiro atoms. The molecule has 1 unspecified atom stereocenters. The Kier molecular flexibility index (Phi) is 7.76. The van der Waals surface area contributed by atoms with Crippen molar-refractivity contribution >= 4 is 18.0 Å². The zero-order valence-electron chi connectivity index (χ0n) is 13.4. The van der Waals surface area contributed by atoms with E-state index in [4.69, 9.17) is 18.9 Å². The number of aliphatic hydroxyl groups excluding tert-OH is 1. The summed E-state index contributed by atoms with van der Waals surface area (Å²) in [6.07, 6.45) is -3.80. The van der Waals surface area contributed by atoms with Crippen molar-refractivity contribution in [2.75, 3.05) is 13.2 Å². The predicted molar refractivity (Wildman–Crippen MR) is 76.2 cm³/mol. The summed E-state index contributed by atoms with van der Waals surface area (Å²) < 4.78 is 20.7. The van der Waals surface area contributed by atoms with Gasteiger partial charge in [0.1, 0.15) is 12.2 Å². The maximum atomic E-state index is 11.6. The molecule has 1 rings (SSSR count). The normalized spacial score (nSPS) is 27.0. The molecular weight excluding hydrogens is 310 g/mol. The average Bonchev–Trinajstić information content (AvgIpc) is 2.46. The molecule has 23 heavy (non-hydrogen) atoms. The van der Waals surface area contributed by atoms with E-state index >= 15 is 0 Å². The zero-order valence-corrected chi connectivity index (χ0v) is 13.4. The number of nitrogens with one attached hydrogen (secondary N) is 1. The fourth-order valence-corrected chi connectivity index (χ4v) is 2.17. The quantitative estimate of drug-likeness (QED) is 0.518. The number of esters is 2. The molecule has 1 saturated heterocycles. The molecule has 0 aromatic carbocycles. The van der Waals surface area contributed by atoms with Crippen LogP contribution in [0.15, 0.2) is 0 Å². The van der Waals surface area contributed by atoms with Crippen LogP contribution in [0.25, 0.3) is 0 Å². The minimum Gasteiger partial charge on any atom is -0.458 e. The van der Waals surface area contributed by atoms with Gasteiger partial charge in [0.2, 0.25) is 6.29 Å². The number of carbonyl (C=O) groups excluding carboxylic acids is 3. The Morgan fingerprint density at radius 2 is 1.83 bits per heavy atom. The minimum atomic E-state index is -1.03. The molecule has 4 atom stereocenters. The number of aliphatic hydroxyl groups is 1. The third kappa shape index (κ3) is 6.41. The summed E-state index contributed by atoms with van der Waals surface area (Å²) in [5.74, 6) is -1.19. The van der Waals surface area contributed by atoms with Gasteiger partial charge in [0.25, 0.3) is 0 Å². The lowest BCUT2D eigenvalue weighted by Crippen LogP contribution is -2.54. The summed E-state index contributed by atoms with van der Waals surface area (Å²) in [7, 11) is 0. The highest BCUT2D eigenvalue weighted by atomic mass is 16.7. The van der Waals surface area contributed by atoms with Gasteiger partial charge in [-0.2, -0.15) is 0 Å². The van der Waals surface area contributed by atoms with Gasteiger partial charge >= 0.3 is 18.0 Å². The van der Waals surface area contributed by atoms with Gasteiger partial charge in [0.15, 0.2) is 6.10 Å². The maximum Gasteiger partial charge on any atom is 0.409 e. The summed E-state index contributed by atoms with van der Waals surface area (Å²) in [4.78, 5) is 34.0. The van der Waals surface area contributed by atoms with Gasteiger partial charge in [-0.05, 0) is 6.42 Å². The number of amides is 1. The molecule has 1 aliphatic heterocycles. The molecule has 1 fully saturated rings. The zero-order chi connectivity index (χ0) is 17.4. The summed E-state index contributed by atoms with van der Waals surface area (Å²) in [5, 5.41) is 11.9. The van der Waals surface area contributed by atoms with Crippen LogP contribution in [-0.4, -0.2) is 60.9 Å². The molecule has 0 aromatic rings. The van der Waals surface area contributed by atoms with Crippen molar-refractivity contribution in [3.8, 4) is 0 Å². The molecule has 2 N–H and O–H groups in total. The van der Waals surface area contributed by atoms with Crippen LogP contribution in [0.4, 0.5) is 4.79 Å². The van der Waals surface area contributed by atoms with Gasteiger partial charge in [-0.15, -0.1) is 0 Å². The van der Waals surface area contributed by atoms with E-state index in [2.05, 4.69) is 5.32 Å². The van der Waals surface area contributed by atoms with Crippen LogP contribution >= 0.6 is 0 Å². The Balaban J connectivity index is 2.77. The Labute approximate surface area is 134 Å².